The Hall–Kier alpha value is -0.0400. The first-order valence-corrected chi connectivity index (χ1v) is 4.86. The fourth-order valence-corrected chi connectivity index (χ4v) is 1.13. The van der Waals surface area contributed by atoms with Crippen molar-refractivity contribution in [2.75, 3.05) is 0 Å². The molecule has 0 bridgehead atoms. The van der Waals surface area contributed by atoms with E-state index in [1.165, 1.54) is 32.1 Å². The third kappa shape index (κ3) is 6.36. The minimum Gasteiger partial charge on any atom is -0.393 e. The van der Waals surface area contributed by atoms with Crippen LogP contribution in [0.25, 0.3) is 0 Å². The molecule has 0 radical (unpaired) electrons. The third-order valence-electron chi connectivity index (χ3n) is 2.34. The number of unbranched alkanes of at least 4 members (excludes halogenated alkanes) is 3. The van der Waals surface area contributed by atoms with E-state index in [-0.39, 0.29) is 6.10 Å². The molecule has 0 saturated heterocycles. The van der Waals surface area contributed by atoms with Crippen LogP contribution in [0.2, 0.25) is 0 Å². The fourth-order valence-electron chi connectivity index (χ4n) is 1.13. The van der Waals surface area contributed by atoms with E-state index in [1.54, 1.807) is 0 Å². The molecule has 0 aromatic rings. The Morgan fingerprint density at radius 1 is 1.09 bits per heavy atom. The molecule has 1 N–H and O–H groups in total. The zero-order chi connectivity index (χ0) is 8.69. The minimum atomic E-state index is -0.128. The summed E-state index contributed by atoms with van der Waals surface area (Å²) in [5.74, 6) is 0.479. The molecule has 0 amide bonds. The highest BCUT2D eigenvalue weighted by molar-refractivity contribution is 4.58. The molecule has 0 aromatic carbocycles. The first kappa shape index (κ1) is 11.0. The summed E-state index contributed by atoms with van der Waals surface area (Å²) in [6.07, 6.45) is 6.29. The van der Waals surface area contributed by atoms with E-state index in [0.717, 1.165) is 0 Å². The van der Waals surface area contributed by atoms with Crippen molar-refractivity contribution in [3.8, 4) is 0 Å². The van der Waals surface area contributed by atoms with Gasteiger partial charge in [-0.05, 0) is 19.3 Å². The van der Waals surface area contributed by atoms with E-state index in [4.69, 9.17) is 0 Å². The number of rotatable bonds is 6. The summed E-state index contributed by atoms with van der Waals surface area (Å²) in [7, 11) is 0. The highest BCUT2D eigenvalue weighted by Crippen LogP contribution is 2.13. The molecule has 0 fully saturated rings. The summed E-state index contributed by atoms with van der Waals surface area (Å²) in [5, 5.41) is 9.18. The standard InChI is InChI=1S/C10H22O/c1-4-5-6-7-8-9(2)10(3)11/h9-11H,4-8H2,1-3H3/t9-,10+/m1/s1. The van der Waals surface area contributed by atoms with Crippen LogP contribution in [0, 0.1) is 5.92 Å². The zero-order valence-corrected chi connectivity index (χ0v) is 8.14. The van der Waals surface area contributed by atoms with Gasteiger partial charge in [0.1, 0.15) is 0 Å². The van der Waals surface area contributed by atoms with Crippen LogP contribution in [0.3, 0.4) is 0 Å². The van der Waals surface area contributed by atoms with Crippen LogP contribution in [0.5, 0.6) is 0 Å². The van der Waals surface area contributed by atoms with Gasteiger partial charge in [-0.3, -0.25) is 0 Å². The number of aliphatic hydroxyl groups excluding tert-OH is 1. The molecule has 1 nitrogen and oxygen atoms in total. The monoisotopic (exact) mass is 158 g/mol. The molecule has 0 aliphatic heterocycles. The maximum atomic E-state index is 9.18. The second kappa shape index (κ2) is 6.66. The van der Waals surface area contributed by atoms with Gasteiger partial charge in [0.15, 0.2) is 0 Å². The summed E-state index contributed by atoms with van der Waals surface area (Å²) in [6, 6.07) is 0. The number of hydrogen-bond donors (Lipinski definition) is 1. The largest absolute Gasteiger partial charge is 0.393 e. The van der Waals surface area contributed by atoms with Crippen LogP contribution in [-0.4, -0.2) is 11.2 Å². The van der Waals surface area contributed by atoms with Crippen LogP contribution >= 0.6 is 0 Å². The quantitative estimate of drug-likeness (QED) is 0.589. The van der Waals surface area contributed by atoms with Crippen molar-refractivity contribution in [2.45, 2.75) is 59.0 Å². The Bertz CT molecular complexity index is 78.9. The van der Waals surface area contributed by atoms with Gasteiger partial charge in [-0.25, -0.2) is 0 Å². The topological polar surface area (TPSA) is 20.2 Å². The van der Waals surface area contributed by atoms with Crippen LogP contribution in [0.15, 0.2) is 0 Å². The van der Waals surface area contributed by atoms with E-state index in [1.807, 2.05) is 6.92 Å². The van der Waals surface area contributed by atoms with Crippen LogP contribution in [0.4, 0.5) is 0 Å². The Labute approximate surface area is 70.8 Å². The molecule has 0 spiro atoms. The second-order valence-corrected chi connectivity index (χ2v) is 3.57. The van der Waals surface area contributed by atoms with Crippen molar-refractivity contribution < 1.29 is 5.11 Å². The highest BCUT2D eigenvalue weighted by atomic mass is 16.3. The first-order valence-electron chi connectivity index (χ1n) is 4.86. The summed E-state index contributed by atoms with van der Waals surface area (Å²) in [5.41, 5.74) is 0. The van der Waals surface area contributed by atoms with Gasteiger partial charge in [0.25, 0.3) is 0 Å². The molecule has 0 aliphatic rings. The van der Waals surface area contributed by atoms with E-state index in [2.05, 4.69) is 13.8 Å². The predicted octanol–water partition coefficient (Wildman–Crippen LogP) is 2.97. The Kier molecular flexibility index (Phi) is 6.63. The molecule has 0 unspecified atom stereocenters. The smallest absolute Gasteiger partial charge is 0.0537 e. The lowest BCUT2D eigenvalue weighted by molar-refractivity contribution is 0.128. The molecular formula is C10H22O. The van der Waals surface area contributed by atoms with E-state index >= 15 is 0 Å². The average Bonchev–Trinajstić information content (AvgIpc) is 1.97. The summed E-state index contributed by atoms with van der Waals surface area (Å²) in [6.45, 7) is 6.22. The van der Waals surface area contributed by atoms with Crippen molar-refractivity contribution in [3.05, 3.63) is 0 Å². The molecule has 11 heavy (non-hydrogen) atoms. The van der Waals surface area contributed by atoms with Crippen LogP contribution in [0.1, 0.15) is 52.9 Å². The number of aliphatic hydroxyl groups is 1. The van der Waals surface area contributed by atoms with Gasteiger partial charge >= 0.3 is 0 Å². The van der Waals surface area contributed by atoms with Gasteiger partial charge < -0.3 is 5.11 Å². The maximum Gasteiger partial charge on any atom is 0.0537 e. The first-order chi connectivity index (χ1) is 5.18. The van der Waals surface area contributed by atoms with E-state index < -0.39 is 0 Å². The van der Waals surface area contributed by atoms with Crippen molar-refractivity contribution in [1.29, 1.82) is 0 Å². The molecule has 68 valence electrons. The average molecular weight is 158 g/mol. The zero-order valence-electron chi connectivity index (χ0n) is 8.14. The van der Waals surface area contributed by atoms with E-state index in [0.29, 0.717) is 5.92 Å². The van der Waals surface area contributed by atoms with Gasteiger partial charge in [-0.2, -0.15) is 0 Å². The predicted molar refractivity (Wildman–Crippen MR) is 49.6 cm³/mol. The maximum absolute atomic E-state index is 9.18. The summed E-state index contributed by atoms with van der Waals surface area (Å²) < 4.78 is 0. The normalized spacial score (nSPS) is 16.4. The summed E-state index contributed by atoms with van der Waals surface area (Å²) >= 11 is 0. The Morgan fingerprint density at radius 3 is 2.18 bits per heavy atom. The molecular weight excluding hydrogens is 136 g/mol. The molecule has 2 atom stereocenters. The highest BCUT2D eigenvalue weighted by Gasteiger charge is 2.06. The summed E-state index contributed by atoms with van der Waals surface area (Å²) in [4.78, 5) is 0. The lowest BCUT2D eigenvalue weighted by Crippen LogP contribution is -2.12. The van der Waals surface area contributed by atoms with E-state index in [9.17, 15) is 5.11 Å². The van der Waals surface area contributed by atoms with Gasteiger partial charge in [0.2, 0.25) is 0 Å². The molecule has 0 heterocycles. The Balaban J connectivity index is 3.10. The van der Waals surface area contributed by atoms with Crippen LogP contribution in [-0.2, 0) is 0 Å². The SMILES string of the molecule is CCCCCC[C@@H](C)[C@H](C)O. The van der Waals surface area contributed by atoms with Crippen molar-refractivity contribution in [1.82, 2.24) is 0 Å². The van der Waals surface area contributed by atoms with Crippen molar-refractivity contribution in [2.24, 2.45) is 5.92 Å². The molecule has 0 rings (SSSR count). The van der Waals surface area contributed by atoms with Crippen molar-refractivity contribution in [3.63, 3.8) is 0 Å². The minimum absolute atomic E-state index is 0.128. The second-order valence-electron chi connectivity index (χ2n) is 3.57. The number of hydrogen-bond acceptors (Lipinski definition) is 1. The molecule has 0 saturated carbocycles. The molecule has 0 aromatic heterocycles. The van der Waals surface area contributed by atoms with Gasteiger partial charge in [-0.15, -0.1) is 0 Å². The molecule has 1 heteroatoms. The third-order valence-corrected chi connectivity index (χ3v) is 2.34. The van der Waals surface area contributed by atoms with Gasteiger partial charge in [-0.1, -0.05) is 39.5 Å². The van der Waals surface area contributed by atoms with Crippen molar-refractivity contribution >= 4 is 0 Å². The lowest BCUT2D eigenvalue weighted by atomic mass is 9.98. The fraction of sp³-hybridized carbons (Fsp3) is 1.00. The molecule has 0 aliphatic carbocycles. The van der Waals surface area contributed by atoms with Gasteiger partial charge in [0, 0.05) is 0 Å². The van der Waals surface area contributed by atoms with Gasteiger partial charge in [0.05, 0.1) is 6.10 Å². The Morgan fingerprint density at radius 2 is 1.73 bits per heavy atom. The van der Waals surface area contributed by atoms with Crippen LogP contribution < -0.4 is 0 Å². The lowest BCUT2D eigenvalue weighted by Gasteiger charge is -2.13.